The molecule has 2 aromatic rings. The molecular weight excluding hydrogens is 252 g/mol. The number of carbonyl (C=O) groups excluding carboxylic acids is 1. The fourth-order valence-electron chi connectivity index (χ4n) is 1.87. The highest BCUT2D eigenvalue weighted by Gasteiger charge is 2.04. The minimum absolute atomic E-state index is 0.125. The molecule has 0 aliphatic rings. The molecule has 0 saturated heterocycles. The van der Waals surface area contributed by atoms with Crippen LogP contribution in [0.3, 0.4) is 0 Å². The first-order valence-corrected chi connectivity index (χ1v) is 6.62. The highest BCUT2D eigenvalue weighted by molar-refractivity contribution is 5.92. The normalized spacial score (nSPS) is 10.1. The van der Waals surface area contributed by atoms with E-state index < -0.39 is 0 Å². The lowest BCUT2D eigenvalue weighted by atomic mass is 10.1. The van der Waals surface area contributed by atoms with Gasteiger partial charge in [0.15, 0.2) is 0 Å². The zero-order valence-corrected chi connectivity index (χ0v) is 11.5. The van der Waals surface area contributed by atoms with Crippen molar-refractivity contribution in [3.05, 3.63) is 59.9 Å². The number of ether oxygens (including phenoxy) is 1. The number of benzene rings is 1. The molecule has 0 spiro atoms. The number of carbonyl (C=O) groups is 1. The largest absolute Gasteiger partial charge is 0.497 e. The molecule has 4 heteroatoms. The third-order valence-electron chi connectivity index (χ3n) is 2.98. The van der Waals surface area contributed by atoms with Gasteiger partial charge in [0, 0.05) is 12.7 Å². The monoisotopic (exact) mass is 270 g/mol. The van der Waals surface area contributed by atoms with Crippen molar-refractivity contribution in [3.63, 3.8) is 0 Å². The molecule has 1 aromatic heterocycles. The van der Waals surface area contributed by atoms with Gasteiger partial charge in [-0.05, 0) is 42.7 Å². The molecule has 0 atom stereocenters. The smallest absolute Gasteiger partial charge is 0.269 e. The molecular formula is C16H18N2O2. The number of rotatable bonds is 6. The molecule has 0 aliphatic heterocycles. The fourth-order valence-corrected chi connectivity index (χ4v) is 1.87. The van der Waals surface area contributed by atoms with Crippen LogP contribution >= 0.6 is 0 Å². The molecule has 0 radical (unpaired) electrons. The van der Waals surface area contributed by atoms with Gasteiger partial charge in [-0.3, -0.25) is 9.78 Å². The van der Waals surface area contributed by atoms with E-state index in [1.807, 2.05) is 24.3 Å². The summed E-state index contributed by atoms with van der Waals surface area (Å²) < 4.78 is 5.11. The van der Waals surface area contributed by atoms with Crippen molar-refractivity contribution < 1.29 is 9.53 Å². The number of nitrogens with one attached hydrogen (secondary N) is 1. The van der Waals surface area contributed by atoms with Gasteiger partial charge in [0.1, 0.15) is 11.4 Å². The van der Waals surface area contributed by atoms with Crippen LogP contribution in [0.15, 0.2) is 48.7 Å². The van der Waals surface area contributed by atoms with Gasteiger partial charge in [0.2, 0.25) is 0 Å². The van der Waals surface area contributed by atoms with Gasteiger partial charge in [0.05, 0.1) is 7.11 Å². The Kier molecular flexibility index (Phi) is 5.12. The van der Waals surface area contributed by atoms with Crippen LogP contribution in [0.1, 0.15) is 22.5 Å². The second kappa shape index (κ2) is 7.28. The highest BCUT2D eigenvalue weighted by atomic mass is 16.5. The molecule has 104 valence electrons. The summed E-state index contributed by atoms with van der Waals surface area (Å²) in [4.78, 5) is 15.8. The molecule has 1 heterocycles. The minimum Gasteiger partial charge on any atom is -0.497 e. The first-order chi connectivity index (χ1) is 9.79. The van der Waals surface area contributed by atoms with Crippen molar-refractivity contribution in [2.45, 2.75) is 12.8 Å². The van der Waals surface area contributed by atoms with Crippen molar-refractivity contribution >= 4 is 5.91 Å². The van der Waals surface area contributed by atoms with E-state index in [1.54, 1.807) is 31.5 Å². The van der Waals surface area contributed by atoms with E-state index in [4.69, 9.17) is 4.74 Å². The summed E-state index contributed by atoms with van der Waals surface area (Å²) in [7, 11) is 1.65. The Labute approximate surface area is 118 Å². The molecule has 1 N–H and O–H groups in total. The maximum absolute atomic E-state index is 11.7. The average molecular weight is 270 g/mol. The summed E-state index contributed by atoms with van der Waals surface area (Å²) in [6.45, 7) is 0.640. The Balaban J connectivity index is 1.72. The number of hydrogen-bond donors (Lipinski definition) is 1. The quantitative estimate of drug-likeness (QED) is 0.820. The molecule has 1 amide bonds. The van der Waals surface area contributed by atoms with Gasteiger partial charge in [-0.15, -0.1) is 0 Å². The van der Waals surface area contributed by atoms with Gasteiger partial charge < -0.3 is 10.1 Å². The minimum atomic E-state index is -0.125. The highest BCUT2D eigenvalue weighted by Crippen LogP contribution is 2.12. The van der Waals surface area contributed by atoms with Crippen LogP contribution in [0.4, 0.5) is 0 Å². The summed E-state index contributed by atoms with van der Waals surface area (Å²) >= 11 is 0. The molecule has 0 aliphatic carbocycles. The third kappa shape index (κ3) is 4.09. The van der Waals surface area contributed by atoms with E-state index >= 15 is 0 Å². The summed E-state index contributed by atoms with van der Waals surface area (Å²) in [5.74, 6) is 0.734. The zero-order valence-electron chi connectivity index (χ0n) is 11.5. The summed E-state index contributed by atoms with van der Waals surface area (Å²) in [6.07, 6.45) is 3.43. The molecule has 0 fully saturated rings. The second-order valence-corrected chi connectivity index (χ2v) is 4.42. The number of hydrogen-bond acceptors (Lipinski definition) is 3. The Hall–Kier alpha value is -2.36. The standard InChI is InChI=1S/C16H18N2O2/c1-20-14-9-7-13(8-10-14)5-4-12-18-16(19)15-6-2-3-11-17-15/h2-3,6-11H,4-5,12H2,1H3,(H,18,19). The topological polar surface area (TPSA) is 51.2 Å². The molecule has 20 heavy (non-hydrogen) atoms. The van der Waals surface area contributed by atoms with E-state index in [1.165, 1.54) is 5.56 Å². The fraction of sp³-hybridized carbons (Fsp3) is 0.250. The van der Waals surface area contributed by atoms with Crippen LogP contribution in [0.25, 0.3) is 0 Å². The van der Waals surface area contributed by atoms with Gasteiger partial charge >= 0.3 is 0 Å². The van der Waals surface area contributed by atoms with Crippen LogP contribution < -0.4 is 10.1 Å². The van der Waals surface area contributed by atoms with Gasteiger partial charge in [-0.25, -0.2) is 0 Å². The summed E-state index contributed by atoms with van der Waals surface area (Å²) in [5.41, 5.74) is 1.69. The average Bonchev–Trinajstić information content (AvgIpc) is 2.53. The van der Waals surface area contributed by atoms with E-state index in [9.17, 15) is 4.79 Å². The van der Waals surface area contributed by atoms with Crippen molar-refractivity contribution in [3.8, 4) is 5.75 Å². The number of pyridine rings is 1. The van der Waals surface area contributed by atoms with Crippen molar-refractivity contribution in [1.82, 2.24) is 10.3 Å². The zero-order chi connectivity index (χ0) is 14.2. The van der Waals surface area contributed by atoms with E-state index in [2.05, 4.69) is 10.3 Å². The lowest BCUT2D eigenvalue weighted by Crippen LogP contribution is -2.25. The predicted octanol–water partition coefficient (Wildman–Crippen LogP) is 2.45. The molecule has 0 saturated carbocycles. The first-order valence-electron chi connectivity index (χ1n) is 6.62. The molecule has 2 rings (SSSR count). The molecule has 0 bridgehead atoms. The Bertz CT molecular complexity index is 538. The number of aryl methyl sites for hydroxylation is 1. The lowest BCUT2D eigenvalue weighted by molar-refractivity contribution is 0.0948. The Morgan fingerprint density at radius 3 is 2.65 bits per heavy atom. The summed E-state index contributed by atoms with van der Waals surface area (Å²) in [5, 5.41) is 2.87. The predicted molar refractivity (Wildman–Crippen MR) is 77.9 cm³/mol. The molecule has 1 aromatic carbocycles. The van der Waals surface area contributed by atoms with E-state index in [-0.39, 0.29) is 5.91 Å². The van der Waals surface area contributed by atoms with E-state index in [0.29, 0.717) is 12.2 Å². The van der Waals surface area contributed by atoms with Crippen LogP contribution in [0.5, 0.6) is 5.75 Å². The van der Waals surface area contributed by atoms with Crippen LogP contribution in [-0.4, -0.2) is 24.5 Å². The van der Waals surface area contributed by atoms with Crippen molar-refractivity contribution in [2.75, 3.05) is 13.7 Å². The Morgan fingerprint density at radius 1 is 1.20 bits per heavy atom. The van der Waals surface area contributed by atoms with Crippen molar-refractivity contribution in [1.29, 1.82) is 0 Å². The third-order valence-corrected chi connectivity index (χ3v) is 2.98. The number of aromatic nitrogens is 1. The SMILES string of the molecule is COc1ccc(CCCNC(=O)c2ccccn2)cc1. The van der Waals surface area contributed by atoms with Crippen LogP contribution in [-0.2, 0) is 6.42 Å². The lowest BCUT2D eigenvalue weighted by Gasteiger charge is -2.05. The van der Waals surface area contributed by atoms with Crippen LogP contribution in [0.2, 0.25) is 0 Å². The number of amides is 1. The van der Waals surface area contributed by atoms with E-state index in [0.717, 1.165) is 18.6 Å². The Morgan fingerprint density at radius 2 is 2.00 bits per heavy atom. The molecule has 0 unspecified atom stereocenters. The second-order valence-electron chi connectivity index (χ2n) is 4.42. The van der Waals surface area contributed by atoms with Gasteiger partial charge in [-0.1, -0.05) is 18.2 Å². The number of methoxy groups -OCH3 is 1. The maximum atomic E-state index is 11.7. The maximum Gasteiger partial charge on any atom is 0.269 e. The van der Waals surface area contributed by atoms with Crippen molar-refractivity contribution in [2.24, 2.45) is 0 Å². The first kappa shape index (κ1) is 14.1. The van der Waals surface area contributed by atoms with Gasteiger partial charge in [0.25, 0.3) is 5.91 Å². The van der Waals surface area contributed by atoms with Crippen LogP contribution in [0, 0.1) is 0 Å². The number of nitrogens with zero attached hydrogens (tertiary/aromatic N) is 1. The summed E-state index contributed by atoms with van der Waals surface area (Å²) in [6, 6.07) is 13.3. The van der Waals surface area contributed by atoms with Gasteiger partial charge in [-0.2, -0.15) is 0 Å². The molecule has 4 nitrogen and oxygen atoms in total.